The summed E-state index contributed by atoms with van der Waals surface area (Å²) < 4.78 is 0. The topological polar surface area (TPSA) is 54.9 Å². The van der Waals surface area contributed by atoms with Crippen LogP contribution in [0.5, 0.6) is 0 Å². The molecule has 1 fully saturated rings. The minimum absolute atomic E-state index is 0.111. The van der Waals surface area contributed by atoms with E-state index in [1.165, 1.54) is 23.3 Å². The molecule has 0 bridgehead atoms. The second kappa shape index (κ2) is 7.68. The van der Waals surface area contributed by atoms with Crippen molar-refractivity contribution in [1.82, 2.24) is 10.2 Å². The molecule has 1 aliphatic carbocycles. The lowest BCUT2D eigenvalue weighted by molar-refractivity contribution is -0.120. The van der Waals surface area contributed by atoms with E-state index >= 15 is 0 Å². The molecule has 5 heteroatoms. The van der Waals surface area contributed by atoms with E-state index in [-0.39, 0.29) is 17.7 Å². The maximum atomic E-state index is 12.3. The fraction of sp³-hybridized carbons (Fsp3) is 0.500. The van der Waals surface area contributed by atoms with Crippen molar-refractivity contribution < 1.29 is 4.79 Å². The molecule has 4 nitrogen and oxygen atoms in total. The summed E-state index contributed by atoms with van der Waals surface area (Å²) in [5, 5.41) is 13.1. The number of carbonyl (C=O) groups excluding carboxylic acids is 1. The SMILES string of the molecule is CCC(c1ccccc1)c1nnc(NC(=O)C2CCCCC2)s1. The van der Waals surface area contributed by atoms with Crippen molar-refractivity contribution in [2.24, 2.45) is 5.92 Å². The number of benzene rings is 1. The van der Waals surface area contributed by atoms with E-state index in [0.717, 1.165) is 37.1 Å². The van der Waals surface area contributed by atoms with E-state index in [9.17, 15) is 4.79 Å². The average molecular weight is 329 g/mol. The number of hydrogen-bond acceptors (Lipinski definition) is 4. The maximum absolute atomic E-state index is 12.3. The summed E-state index contributed by atoms with van der Waals surface area (Å²) in [6.07, 6.45) is 6.53. The van der Waals surface area contributed by atoms with E-state index in [0.29, 0.717) is 5.13 Å². The molecule has 0 spiro atoms. The molecular weight excluding hydrogens is 306 g/mol. The van der Waals surface area contributed by atoms with Crippen LogP contribution in [0.3, 0.4) is 0 Å². The average Bonchev–Trinajstić information content (AvgIpc) is 3.05. The lowest BCUT2D eigenvalue weighted by atomic mass is 9.89. The lowest BCUT2D eigenvalue weighted by Crippen LogP contribution is -2.24. The Morgan fingerprint density at radius 2 is 1.96 bits per heavy atom. The van der Waals surface area contributed by atoms with Crippen LogP contribution in [-0.2, 0) is 4.79 Å². The van der Waals surface area contributed by atoms with Gasteiger partial charge in [-0.15, -0.1) is 10.2 Å². The zero-order valence-electron chi connectivity index (χ0n) is 13.5. The van der Waals surface area contributed by atoms with Gasteiger partial charge in [0.1, 0.15) is 5.01 Å². The maximum Gasteiger partial charge on any atom is 0.229 e. The first-order valence-electron chi connectivity index (χ1n) is 8.47. The number of nitrogens with zero attached hydrogens (tertiary/aromatic N) is 2. The van der Waals surface area contributed by atoms with Crippen LogP contribution < -0.4 is 5.32 Å². The van der Waals surface area contributed by atoms with Gasteiger partial charge in [-0.05, 0) is 24.8 Å². The third-order valence-corrected chi connectivity index (χ3v) is 5.51. The van der Waals surface area contributed by atoms with Gasteiger partial charge in [0, 0.05) is 11.8 Å². The van der Waals surface area contributed by atoms with Crippen LogP contribution in [0, 0.1) is 5.92 Å². The Morgan fingerprint density at radius 1 is 1.22 bits per heavy atom. The molecular formula is C18H23N3OS. The fourth-order valence-corrected chi connectivity index (χ4v) is 4.19. The van der Waals surface area contributed by atoms with Gasteiger partial charge in [-0.2, -0.15) is 0 Å². The third-order valence-electron chi connectivity index (χ3n) is 4.56. The number of aromatic nitrogens is 2. The van der Waals surface area contributed by atoms with Crippen molar-refractivity contribution in [3.8, 4) is 0 Å². The molecule has 1 saturated carbocycles. The van der Waals surface area contributed by atoms with Crippen LogP contribution in [-0.4, -0.2) is 16.1 Å². The largest absolute Gasteiger partial charge is 0.300 e. The van der Waals surface area contributed by atoms with E-state index in [2.05, 4.69) is 34.6 Å². The standard InChI is InChI=1S/C18H23N3OS/c1-2-15(13-9-5-3-6-10-13)17-20-21-18(23-17)19-16(22)14-11-7-4-8-12-14/h3,5-6,9-10,14-15H,2,4,7-8,11-12H2,1H3,(H,19,21,22). The first-order valence-corrected chi connectivity index (χ1v) is 9.28. The highest BCUT2D eigenvalue weighted by atomic mass is 32.1. The first-order chi connectivity index (χ1) is 11.3. The molecule has 0 radical (unpaired) electrons. The van der Waals surface area contributed by atoms with Crippen LogP contribution in [0.1, 0.15) is 61.9 Å². The molecule has 1 heterocycles. The number of anilines is 1. The molecule has 3 rings (SSSR count). The highest BCUT2D eigenvalue weighted by molar-refractivity contribution is 7.15. The van der Waals surface area contributed by atoms with Crippen LogP contribution in [0.4, 0.5) is 5.13 Å². The summed E-state index contributed by atoms with van der Waals surface area (Å²) in [6, 6.07) is 10.4. The molecule has 23 heavy (non-hydrogen) atoms. The minimum Gasteiger partial charge on any atom is -0.300 e. The van der Waals surface area contributed by atoms with Crippen LogP contribution >= 0.6 is 11.3 Å². The third kappa shape index (κ3) is 3.96. The summed E-state index contributed by atoms with van der Waals surface area (Å²) in [5.74, 6) is 0.501. The van der Waals surface area contributed by atoms with Gasteiger partial charge in [-0.1, -0.05) is 67.9 Å². The number of nitrogens with one attached hydrogen (secondary N) is 1. The number of amides is 1. The Hall–Kier alpha value is -1.75. The predicted octanol–water partition coefficient (Wildman–Crippen LogP) is 4.60. The molecule has 1 aliphatic rings. The summed E-state index contributed by atoms with van der Waals surface area (Å²) in [6.45, 7) is 2.15. The Morgan fingerprint density at radius 3 is 2.65 bits per heavy atom. The summed E-state index contributed by atoms with van der Waals surface area (Å²) in [4.78, 5) is 12.3. The Labute approximate surface area is 141 Å². The number of hydrogen-bond donors (Lipinski definition) is 1. The normalized spacial score (nSPS) is 16.9. The fourth-order valence-electron chi connectivity index (χ4n) is 3.24. The van der Waals surface area contributed by atoms with Crippen LogP contribution in [0.25, 0.3) is 0 Å². The number of rotatable bonds is 5. The zero-order valence-corrected chi connectivity index (χ0v) is 14.3. The minimum atomic E-state index is 0.111. The van der Waals surface area contributed by atoms with Crippen molar-refractivity contribution in [3.05, 3.63) is 40.9 Å². The molecule has 2 aromatic rings. The summed E-state index contributed by atoms with van der Waals surface area (Å²) >= 11 is 1.50. The molecule has 0 saturated heterocycles. The van der Waals surface area contributed by atoms with Gasteiger partial charge in [0.25, 0.3) is 0 Å². The van der Waals surface area contributed by atoms with Gasteiger partial charge in [0.2, 0.25) is 11.0 Å². The second-order valence-corrected chi connectivity index (χ2v) is 7.15. The number of carbonyl (C=O) groups is 1. The molecule has 1 unspecified atom stereocenters. The molecule has 0 aliphatic heterocycles. The van der Waals surface area contributed by atoms with Crippen molar-refractivity contribution in [2.45, 2.75) is 51.4 Å². The van der Waals surface area contributed by atoms with Crippen LogP contribution in [0.15, 0.2) is 30.3 Å². The van der Waals surface area contributed by atoms with E-state index in [4.69, 9.17) is 0 Å². The Bertz CT molecular complexity index is 635. The zero-order chi connectivity index (χ0) is 16.1. The molecule has 1 aromatic heterocycles. The van der Waals surface area contributed by atoms with Crippen molar-refractivity contribution in [2.75, 3.05) is 5.32 Å². The molecule has 1 N–H and O–H groups in total. The van der Waals surface area contributed by atoms with E-state index < -0.39 is 0 Å². The lowest BCUT2D eigenvalue weighted by Gasteiger charge is -2.19. The van der Waals surface area contributed by atoms with Crippen LogP contribution in [0.2, 0.25) is 0 Å². The second-order valence-electron chi connectivity index (χ2n) is 6.14. The molecule has 1 amide bonds. The smallest absolute Gasteiger partial charge is 0.229 e. The monoisotopic (exact) mass is 329 g/mol. The first kappa shape index (κ1) is 16.1. The van der Waals surface area contributed by atoms with Gasteiger partial charge in [0.15, 0.2) is 0 Å². The van der Waals surface area contributed by atoms with Gasteiger partial charge in [-0.3, -0.25) is 4.79 Å². The van der Waals surface area contributed by atoms with E-state index in [1.807, 2.05) is 18.2 Å². The van der Waals surface area contributed by atoms with Crippen molar-refractivity contribution >= 4 is 22.4 Å². The predicted molar refractivity (Wildman–Crippen MR) is 93.7 cm³/mol. The van der Waals surface area contributed by atoms with Gasteiger partial charge < -0.3 is 5.32 Å². The van der Waals surface area contributed by atoms with Gasteiger partial charge in [-0.25, -0.2) is 0 Å². The highest BCUT2D eigenvalue weighted by Gasteiger charge is 2.23. The molecule has 1 atom stereocenters. The highest BCUT2D eigenvalue weighted by Crippen LogP contribution is 2.32. The van der Waals surface area contributed by atoms with E-state index in [1.54, 1.807) is 0 Å². The summed E-state index contributed by atoms with van der Waals surface area (Å²) in [5.41, 5.74) is 1.25. The Kier molecular flexibility index (Phi) is 5.39. The molecule has 1 aromatic carbocycles. The van der Waals surface area contributed by atoms with Gasteiger partial charge in [0.05, 0.1) is 0 Å². The Balaban J connectivity index is 1.68. The quantitative estimate of drug-likeness (QED) is 0.872. The summed E-state index contributed by atoms with van der Waals surface area (Å²) in [7, 11) is 0. The van der Waals surface area contributed by atoms with Crippen molar-refractivity contribution in [1.29, 1.82) is 0 Å². The van der Waals surface area contributed by atoms with Gasteiger partial charge >= 0.3 is 0 Å². The van der Waals surface area contributed by atoms with Crippen molar-refractivity contribution in [3.63, 3.8) is 0 Å². The molecule has 122 valence electrons.